The fourth-order valence-electron chi connectivity index (χ4n) is 2.46. The molecule has 0 aliphatic rings. The summed E-state index contributed by atoms with van der Waals surface area (Å²) in [5, 5.41) is 18.9. The molecule has 0 aliphatic carbocycles. The quantitative estimate of drug-likeness (QED) is 0.794. The van der Waals surface area contributed by atoms with Gasteiger partial charge >= 0.3 is 17.6 Å². The number of benzene rings is 1. The largest absolute Gasteiger partial charge is 0.481 e. The van der Waals surface area contributed by atoms with E-state index < -0.39 is 23.5 Å². The summed E-state index contributed by atoms with van der Waals surface area (Å²) >= 11 is 0. The predicted molar refractivity (Wildman–Crippen MR) is 78.9 cm³/mol. The average Bonchev–Trinajstić information content (AvgIpc) is 2.42. The minimum atomic E-state index is -1.03. The Morgan fingerprint density at radius 3 is 2.50 bits per heavy atom. The van der Waals surface area contributed by atoms with Crippen LogP contribution >= 0.6 is 0 Å². The maximum Gasteiger partial charge on any atom is 0.336 e. The van der Waals surface area contributed by atoms with Crippen molar-refractivity contribution in [2.75, 3.05) is 0 Å². The van der Waals surface area contributed by atoms with Crippen LogP contribution in [0.3, 0.4) is 0 Å². The molecule has 2 rings (SSSR count). The highest BCUT2D eigenvalue weighted by Crippen LogP contribution is 2.28. The van der Waals surface area contributed by atoms with E-state index in [0.29, 0.717) is 16.5 Å². The van der Waals surface area contributed by atoms with E-state index >= 15 is 0 Å². The van der Waals surface area contributed by atoms with Crippen molar-refractivity contribution in [1.82, 2.24) is 0 Å². The van der Waals surface area contributed by atoms with Crippen LogP contribution in [-0.4, -0.2) is 22.2 Å². The lowest BCUT2D eigenvalue weighted by molar-refractivity contribution is -0.141. The van der Waals surface area contributed by atoms with Crippen molar-refractivity contribution in [3.63, 3.8) is 0 Å². The van der Waals surface area contributed by atoms with E-state index in [1.54, 1.807) is 25.1 Å². The van der Waals surface area contributed by atoms with Crippen LogP contribution in [0.1, 0.15) is 31.2 Å². The number of carbonyl (C=O) groups is 2. The summed E-state index contributed by atoms with van der Waals surface area (Å²) in [5.74, 6) is -3.11. The molecule has 2 N–H and O–H groups in total. The topological polar surface area (TPSA) is 105 Å². The van der Waals surface area contributed by atoms with Crippen LogP contribution in [0, 0.1) is 5.92 Å². The van der Waals surface area contributed by atoms with Gasteiger partial charge in [0.25, 0.3) is 0 Å². The van der Waals surface area contributed by atoms with Crippen LogP contribution in [0.2, 0.25) is 0 Å². The van der Waals surface area contributed by atoms with E-state index in [1.165, 1.54) is 12.1 Å². The molecule has 2 atom stereocenters. The first-order valence-corrected chi connectivity index (χ1v) is 6.85. The zero-order chi connectivity index (χ0) is 16.3. The molecule has 0 fully saturated rings. The zero-order valence-corrected chi connectivity index (χ0v) is 12.0. The summed E-state index contributed by atoms with van der Waals surface area (Å²) in [6, 6.07) is 7.78. The van der Waals surface area contributed by atoms with Gasteiger partial charge in [-0.15, -0.1) is 0 Å². The Bertz CT molecular complexity index is 761. The van der Waals surface area contributed by atoms with Gasteiger partial charge in [-0.2, -0.15) is 0 Å². The minimum Gasteiger partial charge on any atom is -0.481 e. The van der Waals surface area contributed by atoms with Gasteiger partial charge < -0.3 is 14.6 Å². The number of fused-ring (bicyclic) bond motifs is 1. The van der Waals surface area contributed by atoms with E-state index in [2.05, 4.69) is 0 Å². The third-order valence-electron chi connectivity index (χ3n) is 3.51. The van der Waals surface area contributed by atoms with Gasteiger partial charge in [-0.1, -0.05) is 19.1 Å². The van der Waals surface area contributed by atoms with E-state index in [9.17, 15) is 19.5 Å². The number of hydrogen-bond acceptors (Lipinski definition) is 4. The number of hydrogen-bond donors (Lipinski definition) is 2. The summed E-state index contributed by atoms with van der Waals surface area (Å²) in [5.41, 5.74) is 0.310. The Labute approximate surface area is 126 Å². The van der Waals surface area contributed by atoms with Gasteiger partial charge in [-0.25, -0.2) is 4.79 Å². The molecule has 1 aromatic heterocycles. The van der Waals surface area contributed by atoms with Crippen molar-refractivity contribution in [1.29, 1.82) is 0 Å². The van der Waals surface area contributed by atoms with Crippen LogP contribution in [0.5, 0.6) is 0 Å². The smallest absolute Gasteiger partial charge is 0.336 e. The van der Waals surface area contributed by atoms with Crippen molar-refractivity contribution >= 4 is 22.9 Å². The summed E-state index contributed by atoms with van der Waals surface area (Å²) in [7, 11) is 0. The average molecular weight is 304 g/mol. The Balaban J connectivity index is 2.33. The van der Waals surface area contributed by atoms with Gasteiger partial charge in [0, 0.05) is 17.9 Å². The second-order valence-electron chi connectivity index (χ2n) is 5.38. The summed E-state index contributed by atoms with van der Waals surface area (Å²) < 4.78 is 5.06. The van der Waals surface area contributed by atoms with E-state index in [0.717, 1.165) is 0 Å². The molecule has 6 nitrogen and oxygen atoms in total. The third kappa shape index (κ3) is 3.72. The molecule has 116 valence electrons. The first-order valence-electron chi connectivity index (χ1n) is 6.85. The van der Waals surface area contributed by atoms with Gasteiger partial charge in [0.2, 0.25) is 0 Å². The third-order valence-corrected chi connectivity index (χ3v) is 3.51. The van der Waals surface area contributed by atoms with Gasteiger partial charge in [0.15, 0.2) is 0 Å². The summed E-state index contributed by atoms with van der Waals surface area (Å²) in [4.78, 5) is 33.4. The molecule has 2 aromatic rings. The van der Waals surface area contributed by atoms with Crippen molar-refractivity contribution in [3.05, 3.63) is 46.3 Å². The number of rotatable bonds is 6. The second kappa shape index (κ2) is 6.43. The van der Waals surface area contributed by atoms with E-state index in [1.807, 2.05) is 0 Å². The highest BCUT2D eigenvalue weighted by Gasteiger charge is 2.24. The zero-order valence-electron chi connectivity index (χ0n) is 12.0. The summed E-state index contributed by atoms with van der Waals surface area (Å²) in [6.07, 6.45) is 0.108. The maximum absolute atomic E-state index is 11.5. The highest BCUT2D eigenvalue weighted by atomic mass is 16.4. The molecule has 6 heteroatoms. The van der Waals surface area contributed by atoms with Gasteiger partial charge in [0.1, 0.15) is 5.58 Å². The Kier molecular flexibility index (Phi) is 4.60. The molecule has 0 bridgehead atoms. The molecule has 0 saturated carbocycles. The molecule has 0 amide bonds. The molecule has 1 aromatic carbocycles. The molecule has 22 heavy (non-hydrogen) atoms. The Morgan fingerprint density at radius 2 is 1.86 bits per heavy atom. The monoisotopic (exact) mass is 304 g/mol. The number of carboxylic acids is 2. The fraction of sp³-hybridized carbons (Fsp3) is 0.312. The van der Waals surface area contributed by atoms with Crippen molar-refractivity contribution in [3.8, 4) is 0 Å². The van der Waals surface area contributed by atoms with E-state index in [-0.39, 0.29) is 18.8 Å². The Morgan fingerprint density at radius 1 is 1.18 bits per heavy atom. The van der Waals surface area contributed by atoms with E-state index in [4.69, 9.17) is 9.52 Å². The SMILES string of the molecule is CC(CC(=O)O)CC(C(=O)O)c1ccc2ccc(=O)oc2c1. The number of carboxylic acid groups (broad SMARTS) is 2. The van der Waals surface area contributed by atoms with Crippen molar-refractivity contribution < 1.29 is 24.2 Å². The van der Waals surface area contributed by atoms with Crippen LogP contribution in [-0.2, 0) is 9.59 Å². The predicted octanol–water partition coefficient (Wildman–Crippen LogP) is 2.46. The summed E-state index contributed by atoms with van der Waals surface area (Å²) in [6.45, 7) is 1.70. The fourth-order valence-corrected chi connectivity index (χ4v) is 2.46. The molecule has 0 aliphatic heterocycles. The lowest BCUT2D eigenvalue weighted by Crippen LogP contribution is -2.16. The van der Waals surface area contributed by atoms with Gasteiger partial charge in [0.05, 0.1) is 5.92 Å². The standard InChI is InChI=1S/C16H16O6/c1-9(7-14(17)18)6-12(16(20)21)11-3-2-10-4-5-15(19)22-13(10)8-11/h2-5,8-9,12H,6-7H2,1H3,(H,17,18)(H,20,21). The lowest BCUT2D eigenvalue weighted by atomic mass is 9.88. The lowest BCUT2D eigenvalue weighted by Gasteiger charge is -2.17. The van der Waals surface area contributed by atoms with Gasteiger partial charge in [-0.05, 0) is 30.0 Å². The Hall–Kier alpha value is -2.63. The van der Waals surface area contributed by atoms with Crippen molar-refractivity contribution in [2.24, 2.45) is 5.92 Å². The normalized spacial score (nSPS) is 13.7. The molecule has 2 unspecified atom stereocenters. The minimum absolute atomic E-state index is 0.0908. The second-order valence-corrected chi connectivity index (χ2v) is 5.38. The molecular formula is C16H16O6. The van der Waals surface area contributed by atoms with Crippen molar-refractivity contribution in [2.45, 2.75) is 25.7 Å². The molecule has 0 radical (unpaired) electrons. The maximum atomic E-state index is 11.5. The molecule has 0 saturated heterocycles. The van der Waals surface area contributed by atoms with Crippen LogP contribution in [0.4, 0.5) is 0 Å². The molecule has 1 heterocycles. The van der Waals surface area contributed by atoms with Crippen LogP contribution in [0.15, 0.2) is 39.5 Å². The van der Waals surface area contributed by atoms with Crippen LogP contribution in [0.25, 0.3) is 11.0 Å². The molecular weight excluding hydrogens is 288 g/mol. The number of aliphatic carboxylic acids is 2. The van der Waals surface area contributed by atoms with Gasteiger partial charge in [-0.3, -0.25) is 9.59 Å². The first kappa shape index (κ1) is 15.8. The van der Waals surface area contributed by atoms with Crippen LogP contribution < -0.4 is 5.63 Å². The molecule has 0 spiro atoms. The highest BCUT2D eigenvalue weighted by molar-refractivity contribution is 5.81. The first-order chi connectivity index (χ1) is 10.4.